The molecule has 0 radical (unpaired) electrons. The third-order valence-electron chi connectivity index (χ3n) is 9.44. The molecule has 12 nitrogen and oxygen atoms in total. The van der Waals surface area contributed by atoms with Gasteiger partial charge in [0.25, 0.3) is 17.7 Å². The topological polar surface area (TPSA) is 140 Å². The average Bonchev–Trinajstić information content (AvgIpc) is 3.01. The Bertz CT molecular complexity index is 1120. The smallest absolute Gasteiger partial charge is 0.329 e. The second-order valence-electron chi connectivity index (χ2n) is 15.0. The van der Waals surface area contributed by atoms with E-state index in [1.165, 1.54) is 35.8 Å². The second-order valence-corrected chi connectivity index (χ2v) is 15.0. The van der Waals surface area contributed by atoms with Crippen molar-refractivity contribution in [3.05, 3.63) is 0 Å². The molecule has 48 heavy (non-hydrogen) atoms. The fourth-order valence-electron chi connectivity index (χ4n) is 5.89. The molecule has 1 heterocycles. The zero-order valence-electron chi connectivity index (χ0n) is 32.1. The number of rotatable bonds is 9. The van der Waals surface area contributed by atoms with Gasteiger partial charge in [-0.25, -0.2) is 14.4 Å². The van der Waals surface area contributed by atoms with E-state index >= 15 is 0 Å². The molecule has 276 valence electrons. The van der Waals surface area contributed by atoms with E-state index in [0.717, 1.165) is 0 Å². The largest absolute Gasteiger partial charge is 0.450 e. The van der Waals surface area contributed by atoms with Crippen molar-refractivity contribution in [2.45, 2.75) is 139 Å². The predicted molar refractivity (Wildman–Crippen MR) is 182 cm³/mol. The first kappa shape index (κ1) is 42.8. The Balaban J connectivity index is 4.02. The summed E-state index contributed by atoms with van der Waals surface area (Å²) in [4.78, 5) is 87.7. The number of esters is 3. The van der Waals surface area contributed by atoms with E-state index in [9.17, 15) is 28.8 Å². The summed E-state index contributed by atoms with van der Waals surface area (Å²) in [5.41, 5.74) is 0. The molecule has 8 atom stereocenters. The fraction of sp³-hybridized carbons (Fsp3) is 0.833. The molecule has 0 N–H and O–H groups in total. The van der Waals surface area contributed by atoms with E-state index in [2.05, 4.69) is 0 Å². The third-order valence-corrected chi connectivity index (χ3v) is 9.44. The molecule has 1 saturated heterocycles. The Morgan fingerprint density at radius 2 is 0.792 bits per heavy atom. The second kappa shape index (κ2) is 18.5. The van der Waals surface area contributed by atoms with Crippen LogP contribution in [-0.4, -0.2) is 108 Å². The Morgan fingerprint density at radius 3 is 1.06 bits per heavy atom. The Labute approximate surface area is 288 Å². The van der Waals surface area contributed by atoms with Crippen molar-refractivity contribution in [3.8, 4) is 0 Å². The number of hydrogen-bond acceptors (Lipinski definition) is 9. The van der Waals surface area contributed by atoms with E-state index in [4.69, 9.17) is 14.2 Å². The van der Waals surface area contributed by atoms with E-state index in [0.29, 0.717) is 12.8 Å². The third kappa shape index (κ3) is 10.4. The molecule has 12 heteroatoms. The molecule has 1 fully saturated rings. The minimum atomic E-state index is -1.28. The van der Waals surface area contributed by atoms with Crippen molar-refractivity contribution in [1.82, 2.24) is 14.7 Å². The minimum Gasteiger partial charge on any atom is -0.450 e. The fourth-order valence-corrected chi connectivity index (χ4v) is 5.89. The molecule has 0 aliphatic carbocycles. The lowest BCUT2D eigenvalue weighted by Gasteiger charge is -2.38. The lowest BCUT2D eigenvalue weighted by Crippen LogP contribution is -2.57. The lowest BCUT2D eigenvalue weighted by molar-refractivity contribution is -0.181. The Hall–Kier alpha value is -3.18. The maximum Gasteiger partial charge on any atom is 0.329 e. The first-order valence-corrected chi connectivity index (χ1v) is 17.6. The van der Waals surface area contributed by atoms with Crippen LogP contribution < -0.4 is 0 Å². The molecule has 1 rings (SSSR count). The van der Waals surface area contributed by atoms with Gasteiger partial charge >= 0.3 is 17.9 Å². The molecule has 1 aliphatic rings. The Kier molecular flexibility index (Phi) is 16.6. The normalized spacial score (nSPS) is 27.7. The maximum atomic E-state index is 14.1. The summed E-state index contributed by atoms with van der Waals surface area (Å²) >= 11 is 0. The van der Waals surface area contributed by atoms with Crippen molar-refractivity contribution < 1.29 is 43.0 Å². The number of likely N-dealkylation sites (N-methyl/N-ethyl adjacent to an activating group) is 3. The van der Waals surface area contributed by atoms with Gasteiger partial charge in [0.15, 0.2) is 18.3 Å². The summed E-state index contributed by atoms with van der Waals surface area (Å²) < 4.78 is 17.7. The van der Waals surface area contributed by atoms with Gasteiger partial charge in [0.1, 0.15) is 18.1 Å². The van der Waals surface area contributed by atoms with E-state index in [1.807, 2.05) is 27.7 Å². The highest BCUT2D eigenvalue weighted by molar-refractivity contribution is 5.94. The number of cyclic esters (lactones) is 3. The van der Waals surface area contributed by atoms with Gasteiger partial charge < -0.3 is 28.9 Å². The minimum absolute atomic E-state index is 0.0421. The summed E-state index contributed by atoms with van der Waals surface area (Å²) in [6.45, 7) is 21.5. The summed E-state index contributed by atoms with van der Waals surface area (Å²) in [6.07, 6.45) is -2.59. The van der Waals surface area contributed by atoms with Crippen LogP contribution in [0.4, 0.5) is 0 Å². The average molecular weight is 682 g/mol. The zero-order valence-corrected chi connectivity index (χ0v) is 32.1. The highest BCUT2D eigenvalue weighted by Crippen LogP contribution is 2.26. The van der Waals surface area contributed by atoms with E-state index in [1.54, 1.807) is 55.4 Å². The summed E-state index contributed by atoms with van der Waals surface area (Å²) in [5.74, 6) is -6.39. The van der Waals surface area contributed by atoms with E-state index in [-0.39, 0.29) is 24.2 Å². The van der Waals surface area contributed by atoms with Gasteiger partial charge in [-0.05, 0) is 41.9 Å². The van der Waals surface area contributed by atoms with Gasteiger partial charge in [-0.15, -0.1) is 0 Å². The van der Waals surface area contributed by atoms with Gasteiger partial charge in [0.05, 0.1) is 0 Å². The number of nitrogens with zero attached hydrogens (tertiary/aromatic N) is 3. The number of ether oxygens (including phenoxy) is 3. The van der Waals surface area contributed by atoms with E-state index < -0.39 is 89.8 Å². The molecule has 0 aromatic carbocycles. The van der Waals surface area contributed by atoms with Gasteiger partial charge in [-0.3, -0.25) is 14.4 Å². The molecule has 0 saturated carbocycles. The number of carbonyl (C=O) groups excluding carboxylic acids is 6. The summed E-state index contributed by atoms with van der Waals surface area (Å²) in [5, 5.41) is 0. The highest BCUT2D eigenvalue weighted by Gasteiger charge is 2.45. The molecule has 3 amide bonds. The lowest BCUT2D eigenvalue weighted by atomic mass is 9.95. The predicted octanol–water partition coefficient (Wildman–Crippen LogP) is 4.32. The van der Waals surface area contributed by atoms with Crippen LogP contribution in [0.1, 0.15) is 102 Å². The van der Waals surface area contributed by atoms with Crippen LogP contribution in [0.25, 0.3) is 0 Å². The van der Waals surface area contributed by atoms with Crippen molar-refractivity contribution in [2.24, 2.45) is 35.5 Å². The van der Waals surface area contributed by atoms with Gasteiger partial charge in [0.2, 0.25) is 0 Å². The van der Waals surface area contributed by atoms with Crippen LogP contribution in [0, 0.1) is 35.5 Å². The monoisotopic (exact) mass is 681 g/mol. The zero-order chi connectivity index (χ0) is 37.4. The molecule has 8 unspecified atom stereocenters. The maximum absolute atomic E-state index is 14.1. The molecule has 0 bridgehead atoms. The van der Waals surface area contributed by atoms with Gasteiger partial charge in [0, 0.05) is 21.1 Å². The van der Waals surface area contributed by atoms with Gasteiger partial charge in [-0.1, -0.05) is 95.9 Å². The van der Waals surface area contributed by atoms with Gasteiger partial charge in [-0.2, -0.15) is 0 Å². The first-order valence-electron chi connectivity index (χ1n) is 17.6. The number of amides is 3. The summed E-state index contributed by atoms with van der Waals surface area (Å²) in [7, 11) is 4.38. The quantitative estimate of drug-likeness (QED) is 0.257. The highest BCUT2D eigenvalue weighted by atomic mass is 16.6. The number of carbonyl (C=O) groups is 6. The van der Waals surface area contributed by atoms with Crippen LogP contribution in [0.2, 0.25) is 0 Å². The molecular weight excluding hydrogens is 618 g/mol. The van der Waals surface area contributed by atoms with Crippen LogP contribution in [0.3, 0.4) is 0 Å². The van der Waals surface area contributed by atoms with Crippen LogP contribution >= 0.6 is 0 Å². The number of hydrogen-bond donors (Lipinski definition) is 0. The molecule has 0 aromatic rings. The van der Waals surface area contributed by atoms with Crippen molar-refractivity contribution in [3.63, 3.8) is 0 Å². The van der Waals surface area contributed by atoms with Crippen molar-refractivity contribution >= 4 is 35.6 Å². The van der Waals surface area contributed by atoms with Crippen LogP contribution in [0.15, 0.2) is 0 Å². The molecule has 1 aliphatic heterocycles. The van der Waals surface area contributed by atoms with Crippen LogP contribution in [0.5, 0.6) is 0 Å². The molecular formula is C36H63N3O9. The molecule has 0 aromatic heterocycles. The van der Waals surface area contributed by atoms with Crippen molar-refractivity contribution in [1.29, 1.82) is 0 Å². The summed E-state index contributed by atoms with van der Waals surface area (Å²) in [6, 6.07) is -3.29. The Morgan fingerprint density at radius 1 is 0.500 bits per heavy atom. The first-order chi connectivity index (χ1) is 22.1. The molecule has 0 spiro atoms. The van der Waals surface area contributed by atoms with Crippen LogP contribution in [-0.2, 0) is 43.0 Å². The van der Waals surface area contributed by atoms with Crippen molar-refractivity contribution in [2.75, 3.05) is 21.1 Å². The standard InChI is InChI=1S/C36H63N3O9/c1-16-23(11)26-35(44)47-28(20(5)6)31(40)37(13)25(18-19(3)4)34(43)46-29(21(7)8)32(41)38(14)27(24(12)17-2)36(45)48-30(22(9)10)33(42)39(26)15/h19-30H,16-18H2,1-15H3. The SMILES string of the molecule is CCC(C)C1C(=O)OC(C(C)C)C(=O)N(C)C(C(C)CC)C(=O)OC(C(C)C)C(=O)N(C)C(CC(C)C)C(=O)OC(C(C)C)C(=O)N1C.